The van der Waals surface area contributed by atoms with Crippen LogP contribution in [-0.2, 0) is 19.1 Å². The van der Waals surface area contributed by atoms with Crippen molar-refractivity contribution < 1.29 is 19.1 Å². The van der Waals surface area contributed by atoms with Gasteiger partial charge in [-0.25, -0.2) is 0 Å². The number of hydrogen-bond donors (Lipinski definition) is 0. The molecule has 1 aromatic carbocycles. The molecule has 4 nitrogen and oxygen atoms in total. The number of carbonyl (C=O) groups is 2. The summed E-state index contributed by atoms with van der Waals surface area (Å²) in [6, 6.07) is 7.78. The second kappa shape index (κ2) is 9.38. The van der Waals surface area contributed by atoms with Crippen LogP contribution in [0.5, 0.6) is 0 Å². The summed E-state index contributed by atoms with van der Waals surface area (Å²) >= 11 is 0. The molecule has 4 heteroatoms. The minimum absolute atomic E-state index is 0.176. The molecule has 0 saturated carbocycles. The normalized spacial score (nSPS) is 14.4. The van der Waals surface area contributed by atoms with Gasteiger partial charge in [0.05, 0.1) is 10.8 Å². The summed E-state index contributed by atoms with van der Waals surface area (Å²) < 4.78 is 11.4. The third-order valence-corrected chi connectivity index (χ3v) is 5.55. The summed E-state index contributed by atoms with van der Waals surface area (Å²) in [4.78, 5) is 24.6. The van der Waals surface area contributed by atoms with Crippen LogP contribution in [-0.4, -0.2) is 11.9 Å². The van der Waals surface area contributed by atoms with Gasteiger partial charge in [0.1, 0.15) is 12.2 Å². The van der Waals surface area contributed by atoms with Gasteiger partial charge in [-0.15, -0.1) is 0 Å². The molecule has 0 saturated heterocycles. The van der Waals surface area contributed by atoms with Crippen molar-refractivity contribution >= 4 is 11.9 Å². The molecule has 0 aliphatic rings. The highest BCUT2D eigenvalue weighted by molar-refractivity contribution is 5.76. The Balaban J connectivity index is 2.84. The molecule has 0 aliphatic heterocycles. The van der Waals surface area contributed by atoms with Gasteiger partial charge in [-0.05, 0) is 65.0 Å². The van der Waals surface area contributed by atoms with Crippen molar-refractivity contribution in [1.82, 2.24) is 0 Å². The fourth-order valence-corrected chi connectivity index (χ4v) is 2.33. The van der Waals surface area contributed by atoms with Gasteiger partial charge in [0.2, 0.25) is 0 Å². The second-order valence-corrected chi connectivity index (χ2v) is 8.49. The number of esters is 2. The molecule has 0 radical (unpaired) electrons. The summed E-state index contributed by atoms with van der Waals surface area (Å²) in [6.45, 7) is 15.4. The van der Waals surface area contributed by atoms with Crippen molar-refractivity contribution in [3.63, 3.8) is 0 Å². The number of carbonyl (C=O) groups excluding carboxylic acids is 2. The van der Waals surface area contributed by atoms with E-state index in [9.17, 15) is 9.59 Å². The smallest absolute Gasteiger partial charge is 0.312 e. The maximum absolute atomic E-state index is 12.4. The zero-order valence-corrected chi connectivity index (χ0v) is 18.2. The monoisotopic (exact) mass is 376 g/mol. The first-order valence-electron chi connectivity index (χ1n) is 10.0. The standard InChI is InChI=1S/C23H36O4/c1-9-19(27-21(25)23(7,8)11-3)18-14-12-17(13-15-18)16(4)26-20(24)22(5,6)10-2/h12-16,19H,9-11H2,1-8H3. The van der Waals surface area contributed by atoms with Gasteiger partial charge < -0.3 is 9.47 Å². The molecule has 0 spiro atoms. The summed E-state index contributed by atoms with van der Waals surface area (Å²) in [6.07, 6.45) is 1.58. The molecule has 2 unspecified atom stereocenters. The van der Waals surface area contributed by atoms with Crippen molar-refractivity contribution in [3.05, 3.63) is 35.4 Å². The van der Waals surface area contributed by atoms with Gasteiger partial charge in [0.25, 0.3) is 0 Å². The summed E-state index contributed by atoms with van der Waals surface area (Å²) in [5.41, 5.74) is 0.909. The van der Waals surface area contributed by atoms with Gasteiger partial charge in [0, 0.05) is 0 Å². The SMILES string of the molecule is CCC(OC(=O)C(C)(C)CC)c1ccc(C(C)OC(=O)C(C)(C)CC)cc1. The third-order valence-electron chi connectivity index (χ3n) is 5.55. The molecular weight excluding hydrogens is 340 g/mol. The van der Waals surface area contributed by atoms with E-state index in [1.54, 1.807) is 0 Å². The summed E-state index contributed by atoms with van der Waals surface area (Å²) in [5.74, 6) is -0.367. The lowest BCUT2D eigenvalue weighted by Gasteiger charge is -2.26. The maximum Gasteiger partial charge on any atom is 0.312 e. The molecule has 0 aromatic heterocycles. The van der Waals surface area contributed by atoms with Gasteiger partial charge in [-0.3, -0.25) is 9.59 Å². The van der Waals surface area contributed by atoms with E-state index in [1.165, 1.54) is 0 Å². The van der Waals surface area contributed by atoms with Gasteiger partial charge >= 0.3 is 11.9 Å². The molecule has 0 fully saturated rings. The average molecular weight is 377 g/mol. The Morgan fingerprint density at radius 3 is 1.63 bits per heavy atom. The summed E-state index contributed by atoms with van der Waals surface area (Å²) in [7, 11) is 0. The molecule has 152 valence electrons. The van der Waals surface area contributed by atoms with E-state index in [1.807, 2.05) is 79.7 Å². The third kappa shape index (κ3) is 6.08. The lowest BCUT2D eigenvalue weighted by molar-refractivity contribution is -0.161. The Morgan fingerprint density at radius 1 is 0.815 bits per heavy atom. The molecule has 1 aromatic rings. The Hall–Kier alpha value is -1.84. The Morgan fingerprint density at radius 2 is 1.22 bits per heavy atom. The predicted octanol–water partition coefficient (Wildman–Crippen LogP) is 6.16. The first kappa shape index (κ1) is 23.2. The van der Waals surface area contributed by atoms with Crippen LogP contribution in [0.1, 0.15) is 98.0 Å². The van der Waals surface area contributed by atoms with Crippen LogP contribution in [0.2, 0.25) is 0 Å². The van der Waals surface area contributed by atoms with Crippen LogP contribution in [0.25, 0.3) is 0 Å². The Bertz CT molecular complexity index is 628. The van der Waals surface area contributed by atoms with Gasteiger partial charge in [-0.2, -0.15) is 0 Å². The first-order valence-corrected chi connectivity index (χ1v) is 10.0. The lowest BCUT2D eigenvalue weighted by Crippen LogP contribution is -2.27. The van der Waals surface area contributed by atoms with E-state index in [4.69, 9.17) is 9.47 Å². The highest BCUT2D eigenvalue weighted by Crippen LogP contribution is 2.30. The van der Waals surface area contributed by atoms with Crippen LogP contribution in [0.3, 0.4) is 0 Å². The molecule has 0 amide bonds. The number of rotatable bonds is 9. The van der Waals surface area contributed by atoms with E-state index >= 15 is 0 Å². The molecular formula is C23H36O4. The fourth-order valence-electron chi connectivity index (χ4n) is 2.33. The summed E-state index contributed by atoms with van der Waals surface area (Å²) in [5, 5.41) is 0. The van der Waals surface area contributed by atoms with E-state index in [0.29, 0.717) is 6.42 Å². The van der Waals surface area contributed by atoms with Crippen molar-refractivity contribution in [3.8, 4) is 0 Å². The van der Waals surface area contributed by atoms with Crippen LogP contribution in [0.4, 0.5) is 0 Å². The maximum atomic E-state index is 12.4. The molecule has 0 aliphatic carbocycles. The van der Waals surface area contributed by atoms with Crippen molar-refractivity contribution in [1.29, 1.82) is 0 Å². The Kier molecular flexibility index (Phi) is 8.06. The zero-order valence-electron chi connectivity index (χ0n) is 18.2. The predicted molar refractivity (Wildman–Crippen MR) is 108 cm³/mol. The average Bonchev–Trinajstić information content (AvgIpc) is 2.65. The minimum atomic E-state index is -0.484. The second-order valence-electron chi connectivity index (χ2n) is 8.49. The molecule has 0 heterocycles. The highest BCUT2D eigenvalue weighted by atomic mass is 16.5. The molecule has 1 rings (SSSR count). The number of ether oxygens (including phenoxy) is 2. The molecule has 0 N–H and O–H groups in total. The van der Waals surface area contributed by atoms with Gasteiger partial charge in [0.15, 0.2) is 0 Å². The molecule has 27 heavy (non-hydrogen) atoms. The van der Waals surface area contributed by atoms with Crippen LogP contribution >= 0.6 is 0 Å². The first-order chi connectivity index (χ1) is 12.5. The van der Waals surface area contributed by atoms with Crippen molar-refractivity contribution in [2.24, 2.45) is 10.8 Å². The van der Waals surface area contributed by atoms with Crippen LogP contribution in [0, 0.1) is 10.8 Å². The topological polar surface area (TPSA) is 52.6 Å². The molecule has 2 atom stereocenters. The van der Waals surface area contributed by atoms with Crippen LogP contribution < -0.4 is 0 Å². The van der Waals surface area contributed by atoms with Crippen molar-refractivity contribution in [2.45, 2.75) is 86.9 Å². The number of benzene rings is 1. The lowest BCUT2D eigenvalue weighted by atomic mass is 9.90. The number of hydrogen-bond acceptors (Lipinski definition) is 4. The van der Waals surface area contributed by atoms with Crippen molar-refractivity contribution in [2.75, 3.05) is 0 Å². The highest BCUT2D eigenvalue weighted by Gasteiger charge is 2.30. The Labute approximate surface area is 164 Å². The minimum Gasteiger partial charge on any atom is -0.457 e. The quantitative estimate of drug-likeness (QED) is 0.484. The van der Waals surface area contributed by atoms with E-state index < -0.39 is 10.8 Å². The molecule has 0 bridgehead atoms. The van der Waals surface area contributed by atoms with E-state index in [-0.39, 0.29) is 24.1 Å². The van der Waals surface area contributed by atoms with E-state index in [2.05, 4.69) is 0 Å². The van der Waals surface area contributed by atoms with Gasteiger partial charge in [-0.1, -0.05) is 45.0 Å². The fraction of sp³-hybridized carbons (Fsp3) is 0.652. The van der Waals surface area contributed by atoms with E-state index in [0.717, 1.165) is 24.0 Å². The van der Waals surface area contributed by atoms with Crippen LogP contribution in [0.15, 0.2) is 24.3 Å². The largest absolute Gasteiger partial charge is 0.457 e. The zero-order chi connectivity index (χ0) is 20.8.